The third-order valence-corrected chi connectivity index (χ3v) is 6.30. The molecule has 0 amide bonds. The van der Waals surface area contributed by atoms with Crippen LogP contribution in [-0.4, -0.2) is 47.9 Å². The maximum atomic E-state index is 11.3. The summed E-state index contributed by atoms with van der Waals surface area (Å²) >= 11 is 0. The summed E-state index contributed by atoms with van der Waals surface area (Å²) in [7, 11) is 3.95. The number of fused-ring (bicyclic) bond motifs is 4. The number of benzene rings is 1. The van der Waals surface area contributed by atoms with Crippen LogP contribution in [0.3, 0.4) is 0 Å². The van der Waals surface area contributed by atoms with Crippen molar-refractivity contribution in [1.82, 2.24) is 4.98 Å². The number of likely N-dealkylation sites (N-methyl/N-ethyl adjacent to an activating group) is 1. The first-order valence-corrected chi connectivity index (χ1v) is 8.98. The molecule has 0 saturated carbocycles. The molecule has 0 spiro atoms. The monoisotopic (exact) mass is 338 g/mol. The highest BCUT2D eigenvalue weighted by Gasteiger charge is 2.58. The van der Waals surface area contributed by atoms with E-state index in [-0.39, 0.29) is 6.04 Å². The number of nitrogens with zero attached hydrogens (tertiary/aromatic N) is 2. The molecule has 5 rings (SSSR count). The lowest BCUT2D eigenvalue weighted by atomic mass is 9.72. The molecule has 0 aliphatic carbocycles. The minimum atomic E-state index is -0.510. The van der Waals surface area contributed by atoms with E-state index in [1.165, 1.54) is 0 Å². The predicted octanol–water partition coefficient (Wildman–Crippen LogP) is 3.28. The molecule has 1 aromatic heterocycles. The third-order valence-electron chi connectivity index (χ3n) is 6.30. The fourth-order valence-electron chi connectivity index (χ4n) is 4.73. The lowest BCUT2D eigenvalue weighted by molar-refractivity contribution is -0.950. The molecule has 4 heteroatoms. The van der Waals surface area contributed by atoms with Crippen molar-refractivity contribution in [2.45, 2.75) is 25.0 Å². The third kappa shape index (κ3) is 2.60. The van der Waals surface area contributed by atoms with Gasteiger partial charge >= 0.3 is 0 Å². The maximum absolute atomic E-state index is 11.3. The second-order valence-electron chi connectivity index (χ2n) is 7.64. The fourth-order valence-corrected chi connectivity index (χ4v) is 4.73. The summed E-state index contributed by atoms with van der Waals surface area (Å²) in [6.07, 6.45) is 5.50. The molecular weight excluding hydrogens is 312 g/mol. The van der Waals surface area contributed by atoms with E-state index in [2.05, 4.69) is 24.7 Å². The molecule has 3 saturated heterocycles. The number of aliphatic hydroxyl groups is 1. The Morgan fingerprint density at radius 3 is 3.00 bits per heavy atom. The molecule has 4 atom stereocenters. The van der Waals surface area contributed by atoms with Crippen molar-refractivity contribution in [2.24, 2.45) is 5.92 Å². The van der Waals surface area contributed by atoms with Gasteiger partial charge in [-0.1, -0.05) is 6.58 Å². The van der Waals surface area contributed by atoms with Crippen molar-refractivity contribution < 1.29 is 14.3 Å². The molecule has 25 heavy (non-hydrogen) atoms. The normalized spacial score (nSPS) is 29.6. The van der Waals surface area contributed by atoms with Crippen LogP contribution in [0.5, 0.6) is 5.75 Å². The van der Waals surface area contributed by atoms with E-state index in [0.29, 0.717) is 5.92 Å². The molecular formula is C21H26N2O2+2. The highest BCUT2D eigenvalue weighted by molar-refractivity contribution is 5.83. The van der Waals surface area contributed by atoms with Gasteiger partial charge in [0.25, 0.3) is 0 Å². The quantitative estimate of drug-likeness (QED) is 0.528. The zero-order chi connectivity index (χ0) is 17.6. The summed E-state index contributed by atoms with van der Waals surface area (Å²) < 4.78 is 6.28. The summed E-state index contributed by atoms with van der Waals surface area (Å²) in [6.45, 7) is 6.16. The van der Waals surface area contributed by atoms with Gasteiger partial charge in [-0.05, 0) is 35.9 Å². The molecule has 0 radical (unpaired) electrons. The molecule has 3 fully saturated rings. The van der Waals surface area contributed by atoms with E-state index in [4.69, 9.17) is 4.74 Å². The van der Waals surface area contributed by atoms with Crippen molar-refractivity contribution in [2.75, 3.05) is 27.2 Å². The number of aliphatic hydroxyl groups excluding tert-OH is 1. The Bertz CT molecular complexity index is 806. The minimum absolute atomic E-state index is 0.191. The standard InChI is InChI=1S/C21H26N2O2/c1-4-14-13-23(2)10-8-15(14)11-20(23)21(24)17-7-9-22-19-6-5-16(25-3)12-18(17)19/h4-7,9,12,14,20-21,24H,1,8,10-11,13H2,2-3H3/q+2/t14-,20+,21-,23-/m0/s1. The Kier molecular flexibility index (Phi) is 3.97. The number of methoxy groups -OCH3 is 1. The molecule has 1 aromatic carbocycles. The van der Waals surface area contributed by atoms with Gasteiger partial charge in [-0.3, -0.25) is 4.98 Å². The van der Waals surface area contributed by atoms with E-state index in [1.54, 1.807) is 19.2 Å². The van der Waals surface area contributed by atoms with Crippen LogP contribution >= 0.6 is 0 Å². The minimum Gasteiger partial charge on any atom is -0.497 e. The average Bonchev–Trinajstić information content (AvgIpc) is 2.66. The van der Waals surface area contributed by atoms with Crippen LogP contribution in [0, 0.1) is 11.8 Å². The first-order chi connectivity index (χ1) is 12.1. The van der Waals surface area contributed by atoms with Crippen molar-refractivity contribution in [1.29, 1.82) is 0 Å². The van der Waals surface area contributed by atoms with E-state index in [0.717, 1.165) is 52.6 Å². The van der Waals surface area contributed by atoms with E-state index >= 15 is 0 Å². The number of hydrogen-bond acceptors (Lipinski definition) is 3. The van der Waals surface area contributed by atoms with Gasteiger partial charge in [0.15, 0.2) is 12.0 Å². The Labute approximate surface area is 149 Å². The smallest absolute Gasteiger partial charge is 0.167 e. The lowest BCUT2D eigenvalue weighted by Gasteiger charge is -2.50. The highest BCUT2D eigenvalue weighted by Crippen LogP contribution is 2.47. The topological polar surface area (TPSA) is 42.4 Å². The van der Waals surface area contributed by atoms with Gasteiger partial charge in [-0.15, -0.1) is 0 Å². The first-order valence-electron chi connectivity index (χ1n) is 8.98. The second kappa shape index (κ2) is 6.04. The van der Waals surface area contributed by atoms with E-state index in [9.17, 15) is 5.11 Å². The Balaban J connectivity index is 1.73. The van der Waals surface area contributed by atoms with Crippen LogP contribution in [0.25, 0.3) is 10.9 Å². The van der Waals surface area contributed by atoms with Crippen LogP contribution in [0.1, 0.15) is 24.5 Å². The summed E-state index contributed by atoms with van der Waals surface area (Å²) in [4.78, 5) is 4.45. The van der Waals surface area contributed by atoms with Gasteiger partial charge in [0, 0.05) is 11.6 Å². The number of aromatic nitrogens is 1. The largest absolute Gasteiger partial charge is 0.497 e. The summed E-state index contributed by atoms with van der Waals surface area (Å²) in [5.74, 6) is 2.84. The number of quaternary nitrogens is 1. The molecule has 3 aliphatic heterocycles. The van der Waals surface area contributed by atoms with Gasteiger partial charge in [0.05, 0.1) is 19.7 Å². The molecule has 3 aliphatic rings. The highest BCUT2D eigenvalue weighted by atomic mass is 16.5. The summed E-state index contributed by atoms with van der Waals surface area (Å²) in [6, 6.07) is 8.00. The summed E-state index contributed by atoms with van der Waals surface area (Å²) in [5, 5.41) is 12.3. The van der Waals surface area contributed by atoms with Crippen LogP contribution in [-0.2, 0) is 0 Å². The zero-order valence-corrected chi connectivity index (χ0v) is 15.0. The predicted molar refractivity (Wildman–Crippen MR) is 99.1 cm³/mol. The van der Waals surface area contributed by atoms with Gasteiger partial charge < -0.3 is 14.3 Å². The molecule has 2 bridgehead atoms. The number of rotatable bonds is 4. The average molecular weight is 338 g/mol. The van der Waals surface area contributed by atoms with Crippen LogP contribution in [0.15, 0.2) is 43.1 Å². The van der Waals surface area contributed by atoms with Gasteiger partial charge in [0.1, 0.15) is 43.7 Å². The molecule has 0 unspecified atom stereocenters. The lowest BCUT2D eigenvalue weighted by Crippen LogP contribution is -2.65. The second-order valence-corrected chi connectivity index (χ2v) is 7.64. The Morgan fingerprint density at radius 2 is 2.28 bits per heavy atom. The number of ether oxygens (including phenoxy) is 1. The van der Waals surface area contributed by atoms with E-state index < -0.39 is 6.10 Å². The Morgan fingerprint density at radius 1 is 1.44 bits per heavy atom. The molecule has 4 nitrogen and oxygen atoms in total. The van der Waals surface area contributed by atoms with Crippen LogP contribution in [0.2, 0.25) is 0 Å². The van der Waals surface area contributed by atoms with Crippen molar-refractivity contribution in [3.8, 4) is 5.75 Å². The maximum Gasteiger partial charge on any atom is 0.167 e. The van der Waals surface area contributed by atoms with Crippen molar-refractivity contribution in [3.05, 3.63) is 54.6 Å². The SMILES string of the molecule is C=C[C@H]1C[N@+]2(C)CC[C+]1C[C@@H]2[C@@H](O)c1ccnc2ccc(OC)cc12. The molecule has 2 aromatic rings. The number of hydrogen-bond donors (Lipinski definition) is 1. The van der Waals surface area contributed by atoms with Crippen molar-refractivity contribution >= 4 is 10.9 Å². The number of pyridine rings is 1. The molecule has 1 N–H and O–H groups in total. The first kappa shape index (κ1) is 16.4. The fraction of sp³-hybridized carbons (Fsp3) is 0.429. The molecule has 4 heterocycles. The molecule has 130 valence electrons. The number of piperidine rings is 3. The zero-order valence-electron chi connectivity index (χ0n) is 15.0. The van der Waals surface area contributed by atoms with Crippen LogP contribution in [0.4, 0.5) is 0 Å². The summed E-state index contributed by atoms with van der Waals surface area (Å²) in [5.41, 5.74) is 1.85. The van der Waals surface area contributed by atoms with E-state index in [1.807, 2.05) is 24.3 Å². The Hall–Kier alpha value is -2.04. The van der Waals surface area contributed by atoms with Gasteiger partial charge in [-0.25, -0.2) is 0 Å². The van der Waals surface area contributed by atoms with Gasteiger partial charge in [-0.2, -0.15) is 0 Å². The van der Waals surface area contributed by atoms with Gasteiger partial charge in [0.2, 0.25) is 0 Å². The van der Waals surface area contributed by atoms with Crippen molar-refractivity contribution in [3.63, 3.8) is 0 Å². The van der Waals surface area contributed by atoms with Crippen LogP contribution < -0.4 is 4.74 Å².